The van der Waals surface area contributed by atoms with Gasteiger partial charge in [0.2, 0.25) is 6.08 Å². The quantitative estimate of drug-likeness (QED) is 0.292. The van der Waals surface area contributed by atoms with Gasteiger partial charge in [0.1, 0.15) is 0 Å². The molecule has 0 aliphatic rings. The zero-order valence-corrected chi connectivity index (χ0v) is 8.40. The average molecular weight is 213 g/mol. The van der Waals surface area contributed by atoms with Crippen LogP contribution < -0.4 is 0 Å². The van der Waals surface area contributed by atoms with E-state index >= 15 is 0 Å². The Labute approximate surface area is 86.5 Å². The topological polar surface area (TPSA) is 54.1 Å². The molecule has 1 unspecified atom stereocenters. The minimum absolute atomic E-state index is 0.477. The molecule has 0 aromatic heterocycles. The molecule has 0 rings (SSSR count). The molecule has 0 aliphatic carbocycles. The van der Waals surface area contributed by atoms with E-state index in [1.807, 2.05) is 0 Å². The minimum atomic E-state index is -0.477. The first-order chi connectivity index (χ1) is 6.35. The Morgan fingerprint density at radius 1 is 1.23 bits per heavy atom. The van der Waals surface area contributed by atoms with Gasteiger partial charge in [0.25, 0.3) is 0 Å². The molecular weight excluding hydrogens is 206 g/mol. The molecular formula is C7H7N3OS2. The van der Waals surface area contributed by atoms with Crippen molar-refractivity contribution in [3.8, 4) is 0 Å². The molecule has 0 N–H and O–H groups in total. The van der Waals surface area contributed by atoms with E-state index in [0.717, 1.165) is 6.42 Å². The molecule has 0 bridgehead atoms. The van der Waals surface area contributed by atoms with E-state index in [-0.39, 0.29) is 0 Å². The third kappa shape index (κ3) is 7.34. The number of rotatable bonds is 6. The number of isothiocyanates is 2. The lowest BCUT2D eigenvalue weighted by molar-refractivity contribution is 0.550. The molecule has 13 heavy (non-hydrogen) atoms. The number of hydrogen-bond acceptors (Lipinski definition) is 6. The van der Waals surface area contributed by atoms with Crippen molar-refractivity contribution < 1.29 is 4.79 Å². The molecule has 0 aliphatic heterocycles. The number of carbonyl (C=O) groups excluding carboxylic acids is 1. The molecule has 1 atom stereocenters. The largest absolute Gasteiger partial charge is 0.237 e. The summed E-state index contributed by atoms with van der Waals surface area (Å²) in [4.78, 5) is 20.7. The minimum Gasteiger partial charge on any atom is -0.233 e. The molecule has 0 saturated heterocycles. The standard InChI is InChI=1S/C7H7N3OS2/c11-4-9-7(10-6-13)2-1-3-8-5-12/h7H,1-3H2. The van der Waals surface area contributed by atoms with E-state index in [0.29, 0.717) is 13.0 Å². The fourth-order valence-corrected chi connectivity index (χ4v) is 0.891. The number of thiocarbonyl (C=S) groups is 2. The average Bonchev–Trinajstić information content (AvgIpc) is 2.13. The molecule has 0 radical (unpaired) electrons. The highest BCUT2D eigenvalue weighted by Crippen LogP contribution is 2.02. The third-order valence-electron chi connectivity index (χ3n) is 1.20. The summed E-state index contributed by atoms with van der Waals surface area (Å²) in [6.07, 6.45) is 2.25. The number of nitrogens with zero attached hydrogens (tertiary/aromatic N) is 3. The second-order valence-electron chi connectivity index (χ2n) is 2.04. The van der Waals surface area contributed by atoms with Crippen molar-refractivity contribution in [2.75, 3.05) is 6.54 Å². The van der Waals surface area contributed by atoms with Crippen molar-refractivity contribution in [3.05, 3.63) is 0 Å². The molecule has 0 aromatic carbocycles. The summed E-state index contributed by atoms with van der Waals surface area (Å²) < 4.78 is 0. The molecule has 0 fully saturated rings. The first-order valence-electron chi connectivity index (χ1n) is 3.52. The normalized spacial score (nSPS) is 10.2. The lowest BCUT2D eigenvalue weighted by atomic mass is 10.2. The van der Waals surface area contributed by atoms with Crippen molar-refractivity contribution in [2.24, 2.45) is 15.0 Å². The van der Waals surface area contributed by atoms with E-state index in [2.05, 4.69) is 49.7 Å². The second-order valence-corrected chi connectivity index (χ2v) is 2.40. The van der Waals surface area contributed by atoms with Crippen molar-refractivity contribution in [1.29, 1.82) is 0 Å². The van der Waals surface area contributed by atoms with Crippen molar-refractivity contribution in [1.82, 2.24) is 0 Å². The van der Waals surface area contributed by atoms with Crippen LogP contribution in [-0.4, -0.2) is 29.1 Å². The van der Waals surface area contributed by atoms with Gasteiger partial charge >= 0.3 is 0 Å². The van der Waals surface area contributed by atoms with Gasteiger partial charge in [-0.05, 0) is 37.3 Å². The maximum absolute atomic E-state index is 9.91. The summed E-state index contributed by atoms with van der Waals surface area (Å²) in [7, 11) is 0. The molecule has 0 saturated carbocycles. The monoisotopic (exact) mass is 213 g/mol. The van der Waals surface area contributed by atoms with Crippen LogP contribution in [-0.2, 0) is 4.79 Å². The predicted molar refractivity (Wildman–Crippen MR) is 56.1 cm³/mol. The van der Waals surface area contributed by atoms with Gasteiger partial charge in [-0.2, -0.15) is 4.99 Å². The maximum atomic E-state index is 9.91. The van der Waals surface area contributed by atoms with E-state index in [4.69, 9.17) is 0 Å². The lowest BCUT2D eigenvalue weighted by Gasteiger charge is -1.99. The first-order valence-corrected chi connectivity index (χ1v) is 4.34. The fraction of sp³-hybridized carbons (Fsp3) is 0.571. The summed E-state index contributed by atoms with van der Waals surface area (Å²) in [5.41, 5.74) is 0. The van der Waals surface area contributed by atoms with E-state index in [1.54, 1.807) is 0 Å². The van der Waals surface area contributed by atoms with Crippen molar-refractivity contribution >= 4 is 40.8 Å². The van der Waals surface area contributed by atoms with Gasteiger partial charge in [-0.25, -0.2) is 14.8 Å². The van der Waals surface area contributed by atoms with Gasteiger partial charge < -0.3 is 0 Å². The first kappa shape index (κ1) is 12.0. The SMILES string of the molecule is O=C=NC(CCCN=C=S)N=C=S. The maximum Gasteiger partial charge on any atom is 0.237 e. The Morgan fingerprint density at radius 3 is 2.54 bits per heavy atom. The molecule has 0 heterocycles. The Balaban J connectivity index is 3.88. The van der Waals surface area contributed by atoms with Crippen LogP contribution in [0.15, 0.2) is 15.0 Å². The van der Waals surface area contributed by atoms with Crippen LogP contribution in [0, 0.1) is 0 Å². The molecule has 6 heteroatoms. The Morgan fingerprint density at radius 2 is 2.00 bits per heavy atom. The fourth-order valence-electron chi connectivity index (χ4n) is 0.678. The van der Waals surface area contributed by atoms with Crippen LogP contribution in [0.1, 0.15) is 12.8 Å². The number of isocyanates is 1. The van der Waals surface area contributed by atoms with Crippen LogP contribution in [0.3, 0.4) is 0 Å². The predicted octanol–water partition coefficient (Wildman–Crippen LogP) is 1.63. The highest BCUT2D eigenvalue weighted by atomic mass is 32.1. The Bertz CT molecular complexity index is 268. The molecule has 68 valence electrons. The van der Waals surface area contributed by atoms with Crippen LogP contribution in [0.2, 0.25) is 0 Å². The summed E-state index contributed by atoms with van der Waals surface area (Å²) in [5, 5.41) is 4.40. The molecule has 0 amide bonds. The van der Waals surface area contributed by atoms with Gasteiger partial charge in [-0.3, -0.25) is 0 Å². The molecule has 0 spiro atoms. The smallest absolute Gasteiger partial charge is 0.233 e. The highest BCUT2D eigenvalue weighted by Gasteiger charge is 2.01. The zero-order chi connectivity index (χ0) is 9.94. The van der Waals surface area contributed by atoms with E-state index < -0.39 is 6.17 Å². The van der Waals surface area contributed by atoms with Crippen LogP contribution in [0.25, 0.3) is 0 Å². The van der Waals surface area contributed by atoms with Crippen LogP contribution >= 0.6 is 24.4 Å². The summed E-state index contributed by atoms with van der Waals surface area (Å²) in [6.45, 7) is 0.557. The number of aliphatic imine (C=N–C) groups is 3. The zero-order valence-electron chi connectivity index (χ0n) is 6.77. The highest BCUT2D eigenvalue weighted by molar-refractivity contribution is 7.78. The summed E-state index contributed by atoms with van der Waals surface area (Å²) in [5.74, 6) is 0. The van der Waals surface area contributed by atoms with Gasteiger partial charge in [0, 0.05) is 6.54 Å². The van der Waals surface area contributed by atoms with E-state index in [1.165, 1.54) is 6.08 Å². The molecule has 4 nitrogen and oxygen atoms in total. The van der Waals surface area contributed by atoms with Gasteiger partial charge in [-0.15, -0.1) is 0 Å². The summed E-state index contributed by atoms with van der Waals surface area (Å²) >= 11 is 8.76. The molecule has 0 aromatic rings. The van der Waals surface area contributed by atoms with Crippen LogP contribution in [0.4, 0.5) is 0 Å². The summed E-state index contributed by atoms with van der Waals surface area (Å²) in [6, 6.07) is 0. The van der Waals surface area contributed by atoms with Gasteiger partial charge in [0.15, 0.2) is 6.17 Å². The Hall–Kier alpha value is -1.02. The van der Waals surface area contributed by atoms with Crippen molar-refractivity contribution in [2.45, 2.75) is 19.0 Å². The van der Waals surface area contributed by atoms with Crippen molar-refractivity contribution in [3.63, 3.8) is 0 Å². The second kappa shape index (κ2) is 9.07. The lowest BCUT2D eigenvalue weighted by Crippen LogP contribution is -2.00. The number of hydrogen-bond donors (Lipinski definition) is 0. The third-order valence-corrected chi connectivity index (χ3v) is 1.43. The van der Waals surface area contributed by atoms with Gasteiger partial charge in [-0.1, -0.05) is 0 Å². The van der Waals surface area contributed by atoms with Crippen LogP contribution in [0.5, 0.6) is 0 Å². The van der Waals surface area contributed by atoms with Gasteiger partial charge in [0.05, 0.1) is 10.3 Å². The Kier molecular flexibility index (Phi) is 8.36. The van der Waals surface area contributed by atoms with E-state index in [9.17, 15) is 4.79 Å².